The lowest BCUT2D eigenvalue weighted by Crippen LogP contribution is -2.55. The highest BCUT2D eigenvalue weighted by Crippen LogP contribution is 2.22. The number of amides is 2. The lowest BCUT2D eigenvalue weighted by atomic mass is 10.1. The molecule has 2 rings (SSSR count). The summed E-state index contributed by atoms with van der Waals surface area (Å²) in [5.74, 6) is -1.47. The Hall–Kier alpha value is -1.88. The summed E-state index contributed by atoms with van der Waals surface area (Å²) < 4.78 is 29.2. The average molecular weight is 480 g/mol. The van der Waals surface area contributed by atoms with Crippen molar-refractivity contribution in [1.82, 2.24) is 14.5 Å². The normalized spacial score (nSPS) is 16.1. The van der Waals surface area contributed by atoms with Crippen molar-refractivity contribution in [1.29, 1.82) is 0 Å². The van der Waals surface area contributed by atoms with E-state index in [-0.39, 0.29) is 54.6 Å². The van der Waals surface area contributed by atoms with E-state index in [0.717, 1.165) is 6.26 Å². The molecule has 1 heterocycles. The molecule has 0 saturated carbocycles. The van der Waals surface area contributed by atoms with Gasteiger partial charge in [-0.2, -0.15) is 4.31 Å². The van der Waals surface area contributed by atoms with Crippen LogP contribution in [-0.4, -0.2) is 81.0 Å². The maximum absolute atomic E-state index is 13.0. The first-order valence-electron chi connectivity index (χ1n) is 9.09. The van der Waals surface area contributed by atoms with Gasteiger partial charge in [0.05, 0.1) is 23.4 Å². The van der Waals surface area contributed by atoms with E-state index in [9.17, 15) is 22.8 Å². The van der Waals surface area contributed by atoms with Crippen molar-refractivity contribution in [2.24, 2.45) is 0 Å². The van der Waals surface area contributed by atoms with Crippen LogP contribution in [0.5, 0.6) is 0 Å². The van der Waals surface area contributed by atoms with Crippen molar-refractivity contribution in [3.63, 3.8) is 0 Å². The highest BCUT2D eigenvalue weighted by Gasteiger charge is 2.31. The Balaban J connectivity index is 2.11. The molecule has 0 bridgehead atoms. The Morgan fingerprint density at radius 3 is 2.30 bits per heavy atom. The Kier molecular flexibility index (Phi) is 8.48. The summed E-state index contributed by atoms with van der Waals surface area (Å²) >= 11 is 11.8. The molecule has 1 aliphatic heterocycles. The fourth-order valence-electron chi connectivity index (χ4n) is 2.96. The molecule has 1 N–H and O–H groups in total. The van der Waals surface area contributed by atoms with Crippen LogP contribution in [0.15, 0.2) is 18.2 Å². The monoisotopic (exact) mass is 479 g/mol. The number of piperazine rings is 1. The summed E-state index contributed by atoms with van der Waals surface area (Å²) in [5, 5.41) is 3.11. The average Bonchev–Trinajstić information content (AvgIpc) is 2.71. The number of carbonyl (C=O) groups is 3. The zero-order chi connectivity index (χ0) is 22.5. The Morgan fingerprint density at radius 1 is 1.13 bits per heavy atom. The predicted octanol–water partition coefficient (Wildman–Crippen LogP) is 1.15. The topological polar surface area (TPSA) is 113 Å². The number of nitrogens with one attached hydrogen (secondary N) is 1. The largest absolute Gasteiger partial charge is 0.469 e. The van der Waals surface area contributed by atoms with E-state index in [2.05, 4.69) is 10.1 Å². The van der Waals surface area contributed by atoms with Crippen molar-refractivity contribution < 1.29 is 27.5 Å². The maximum atomic E-state index is 13.0. The van der Waals surface area contributed by atoms with Gasteiger partial charge in [0.25, 0.3) is 5.91 Å². The van der Waals surface area contributed by atoms with Crippen molar-refractivity contribution in [2.75, 3.05) is 39.5 Å². The summed E-state index contributed by atoms with van der Waals surface area (Å²) in [6.07, 6.45) is 1.07. The van der Waals surface area contributed by atoms with Crippen LogP contribution in [0.2, 0.25) is 10.0 Å². The summed E-state index contributed by atoms with van der Waals surface area (Å²) in [6.45, 7) is 0.691. The predicted molar refractivity (Wildman–Crippen MR) is 112 cm³/mol. The van der Waals surface area contributed by atoms with Crippen LogP contribution < -0.4 is 5.32 Å². The second kappa shape index (κ2) is 10.4. The van der Waals surface area contributed by atoms with Gasteiger partial charge in [0, 0.05) is 38.2 Å². The third kappa shape index (κ3) is 6.56. The number of hydrogen-bond acceptors (Lipinski definition) is 6. The summed E-state index contributed by atoms with van der Waals surface area (Å²) in [7, 11) is -2.11. The van der Waals surface area contributed by atoms with Crippen LogP contribution in [0.3, 0.4) is 0 Å². The number of sulfonamides is 1. The minimum Gasteiger partial charge on any atom is -0.469 e. The maximum Gasteiger partial charge on any atom is 0.305 e. The molecule has 1 aliphatic rings. The van der Waals surface area contributed by atoms with Gasteiger partial charge >= 0.3 is 5.97 Å². The van der Waals surface area contributed by atoms with Gasteiger partial charge in [-0.15, -0.1) is 0 Å². The second-order valence-electron chi connectivity index (χ2n) is 6.76. The highest BCUT2D eigenvalue weighted by atomic mass is 35.5. The fraction of sp³-hybridized carbons (Fsp3) is 0.500. The molecule has 2 amide bonds. The zero-order valence-corrected chi connectivity index (χ0v) is 18.9. The molecule has 166 valence electrons. The lowest BCUT2D eigenvalue weighted by Gasteiger charge is -2.35. The van der Waals surface area contributed by atoms with E-state index in [4.69, 9.17) is 23.2 Å². The number of carbonyl (C=O) groups excluding carboxylic acids is 3. The molecular formula is C18H23Cl2N3O6S. The number of hydrogen-bond donors (Lipinski definition) is 1. The molecular weight excluding hydrogens is 457 g/mol. The summed E-state index contributed by atoms with van der Waals surface area (Å²) in [4.78, 5) is 38.6. The molecule has 1 unspecified atom stereocenters. The first-order chi connectivity index (χ1) is 14.0. The summed E-state index contributed by atoms with van der Waals surface area (Å²) in [6, 6.07) is 3.33. The number of esters is 1. The van der Waals surface area contributed by atoms with Gasteiger partial charge < -0.3 is 15.0 Å². The number of nitrogens with zero attached hydrogens (tertiary/aromatic N) is 2. The van der Waals surface area contributed by atoms with Crippen LogP contribution in [0.4, 0.5) is 0 Å². The van der Waals surface area contributed by atoms with E-state index in [1.165, 1.54) is 34.5 Å². The van der Waals surface area contributed by atoms with Crippen molar-refractivity contribution in [2.45, 2.75) is 18.9 Å². The smallest absolute Gasteiger partial charge is 0.305 e. The van der Waals surface area contributed by atoms with Gasteiger partial charge in [0.1, 0.15) is 6.04 Å². The van der Waals surface area contributed by atoms with Crippen LogP contribution in [-0.2, 0) is 24.3 Å². The molecule has 1 atom stereocenters. The van der Waals surface area contributed by atoms with Crippen molar-refractivity contribution in [3.05, 3.63) is 33.8 Å². The lowest BCUT2D eigenvalue weighted by molar-refractivity contribution is -0.141. The van der Waals surface area contributed by atoms with Crippen LogP contribution >= 0.6 is 23.2 Å². The molecule has 12 heteroatoms. The number of ether oxygens (including phenoxy) is 1. The van der Waals surface area contributed by atoms with Crippen LogP contribution in [0.1, 0.15) is 23.2 Å². The first-order valence-corrected chi connectivity index (χ1v) is 11.7. The number of halogens is 2. The molecule has 0 aromatic heterocycles. The van der Waals surface area contributed by atoms with E-state index < -0.39 is 33.8 Å². The molecule has 1 saturated heterocycles. The van der Waals surface area contributed by atoms with Gasteiger partial charge in [0.15, 0.2) is 0 Å². The van der Waals surface area contributed by atoms with E-state index in [1.807, 2.05) is 0 Å². The van der Waals surface area contributed by atoms with E-state index >= 15 is 0 Å². The first kappa shape index (κ1) is 24.4. The third-order valence-electron chi connectivity index (χ3n) is 4.67. The molecule has 0 radical (unpaired) electrons. The van der Waals surface area contributed by atoms with Gasteiger partial charge in [-0.1, -0.05) is 23.2 Å². The fourth-order valence-corrected chi connectivity index (χ4v) is 4.09. The zero-order valence-electron chi connectivity index (χ0n) is 16.6. The quantitative estimate of drug-likeness (QED) is 0.586. The van der Waals surface area contributed by atoms with Gasteiger partial charge in [0.2, 0.25) is 15.9 Å². The highest BCUT2D eigenvalue weighted by molar-refractivity contribution is 7.88. The number of benzene rings is 1. The second-order valence-corrected chi connectivity index (χ2v) is 9.55. The molecule has 0 spiro atoms. The standard InChI is InChI=1S/C18H23Cl2N3O6S/c1-29-16(24)6-5-15(21-17(25)12-3-4-13(19)14(20)11-12)18(26)22-7-9-23(10-8-22)30(2,27)28/h3-4,11,15H,5-10H2,1-2H3,(H,21,25). The Morgan fingerprint density at radius 2 is 1.77 bits per heavy atom. The van der Waals surface area contributed by atoms with Crippen LogP contribution in [0, 0.1) is 0 Å². The van der Waals surface area contributed by atoms with Gasteiger partial charge in [-0.3, -0.25) is 14.4 Å². The van der Waals surface area contributed by atoms with E-state index in [0.29, 0.717) is 0 Å². The Labute approximate surface area is 185 Å². The molecule has 0 aliphatic carbocycles. The number of methoxy groups -OCH3 is 1. The molecule has 30 heavy (non-hydrogen) atoms. The van der Waals surface area contributed by atoms with Gasteiger partial charge in [-0.25, -0.2) is 8.42 Å². The van der Waals surface area contributed by atoms with Crippen molar-refractivity contribution >= 4 is 51.0 Å². The Bertz CT molecular complexity index is 916. The third-order valence-corrected chi connectivity index (χ3v) is 6.71. The molecule has 1 fully saturated rings. The minimum absolute atomic E-state index is 0.0326. The van der Waals surface area contributed by atoms with Crippen molar-refractivity contribution in [3.8, 4) is 0 Å². The minimum atomic E-state index is -3.34. The number of rotatable bonds is 7. The summed E-state index contributed by atoms with van der Waals surface area (Å²) in [5.41, 5.74) is 0.210. The SMILES string of the molecule is COC(=O)CCC(NC(=O)c1ccc(Cl)c(Cl)c1)C(=O)N1CCN(S(C)(=O)=O)CC1. The van der Waals surface area contributed by atoms with Crippen LogP contribution in [0.25, 0.3) is 0 Å². The van der Waals surface area contributed by atoms with E-state index in [1.54, 1.807) is 0 Å². The molecule has 9 nitrogen and oxygen atoms in total. The molecule has 1 aromatic rings. The van der Waals surface area contributed by atoms with Gasteiger partial charge in [-0.05, 0) is 24.6 Å². The molecule has 1 aromatic carbocycles.